The first kappa shape index (κ1) is 11.4. The maximum Gasteiger partial charge on any atom is 0.131 e. The van der Waals surface area contributed by atoms with Gasteiger partial charge in [0.1, 0.15) is 5.82 Å². The second-order valence-electron chi connectivity index (χ2n) is 4.22. The van der Waals surface area contributed by atoms with Gasteiger partial charge in [-0.15, -0.1) is 0 Å². The molecule has 0 aliphatic heterocycles. The Balaban J connectivity index is 2.21. The third-order valence-corrected chi connectivity index (χ3v) is 3.00. The van der Waals surface area contributed by atoms with Crippen LogP contribution in [0.4, 0.5) is 4.39 Å². The van der Waals surface area contributed by atoms with Crippen molar-refractivity contribution in [1.82, 2.24) is 4.98 Å². The van der Waals surface area contributed by atoms with Crippen molar-refractivity contribution < 1.29 is 4.39 Å². The van der Waals surface area contributed by atoms with E-state index in [4.69, 9.17) is 5.26 Å². The summed E-state index contributed by atoms with van der Waals surface area (Å²) in [5, 5.41) is 9.73. The molecule has 0 spiro atoms. The topological polar surface area (TPSA) is 36.7 Å². The third kappa shape index (κ3) is 2.04. The van der Waals surface area contributed by atoms with E-state index in [0.29, 0.717) is 16.7 Å². The Kier molecular flexibility index (Phi) is 2.70. The van der Waals surface area contributed by atoms with Crippen LogP contribution in [-0.2, 0) is 0 Å². The third-order valence-electron chi connectivity index (χ3n) is 3.00. The largest absolute Gasteiger partial charge is 0.256 e. The molecule has 0 saturated heterocycles. The number of rotatable bonds is 1. The number of fused-ring (bicyclic) bond motifs is 1. The highest BCUT2D eigenvalue weighted by Gasteiger charge is 2.06. The van der Waals surface area contributed by atoms with Crippen LogP contribution in [0.15, 0.2) is 54.7 Å². The average Bonchev–Trinajstić information content (AvgIpc) is 2.46. The van der Waals surface area contributed by atoms with Gasteiger partial charge in [-0.05, 0) is 30.3 Å². The molecule has 0 saturated carbocycles. The molecule has 3 aromatic rings. The first-order chi connectivity index (χ1) is 9.28. The Labute approximate surface area is 109 Å². The van der Waals surface area contributed by atoms with E-state index in [1.54, 1.807) is 42.6 Å². The summed E-state index contributed by atoms with van der Waals surface area (Å²) in [5.74, 6) is -0.278. The molecule has 2 aromatic carbocycles. The number of nitriles is 1. The molecule has 0 aliphatic carbocycles. The van der Waals surface area contributed by atoms with Crippen LogP contribution in [0.25, 0.3) is 22.0 Å². The van der Waals surface area contributed by atoms with Crippen molar-refractivity contribution in [3.63, 3.8) is 0 Å². The number of hydrogen-bond donors (Lipinski definition) is 0. The highest BCUT2D eigenvalue weighted by atomic mass is 19.1. The second kappa shape index (κ2) is 4.51. The van der Waals surface area contributed by atoms with Gasteiger partial charge in [-0.3, -0.25) is 4.98 Å². The van der Waals surface area contributed by atoms with Crippen LogP contribution in [0.3, 0.4) is 0 Å². The minimum absolute atomic E-state index is 0.278. The Hall–Kier alpha value is -2.73. The molecule has 1 heterocycles. The number of nitrogens with zero attached hydrogens (tertiary/aromatic N) is 2. The smallest absolute Gasteiger partial charge is 0.131 e. The molecule has 0 unspecified atom stereocenters. The second-order valence-corrected chi connectivity index (χ2v) is 4.22. The zero-order valence-electron chi connectivity index (χ0n) is 9.97. The molecule has 2 nitrogen and oxygen atoms in total. The monoisotopic (exact) mass is 248 g/mol. The van der Waals surface area contributed by atoms with Gasteiger partial charge in [-0.1, -0.05) is 18.2 Å². The van der Waals surface area contributed by atoms with E-state index in [2.05, 4.69) is 11.1 Å². The quantitative estimate of drug-likeness (QED) is 0.654. The summed E-state index contributed by atoms with van der Waals surface area (Å²) >= 11 is 0. The lowest BCUT2D eigenvalue weighted by Gasteiger charge is -2.04. The standard InChI is InChI=1S/C16H9FN2/c17-15-4-2-1-3-14(15)13-8-12-7-11(9-18)5-6-16(12)19-10-13/h1-8,10H. The van der Waals surface area contributed by atoms with Crippen molar-refractivity contribution in [1.29, 1.82) is 5.26 Å². The maximum atomic E-state index is 13.7. The predicted molar refractivity (Wildman–Crippen MR) is 71.9 cm³/mol. The Morgan fingerprint density at radius 2 is 1.89 bits per heavy atom. The predicted octanol–water partition coefficient (Wildman–Crippen LogP) is 3.91. The highest BCUT2D eigenvalue weighted by molar-refractivity contribution is 5.84. The van der Waals surface area contributed by atoms with Crippen molar-refractivity contribution in [3.8, 4) is 17.2 Å². The number of pyridine rings is 1. The molecule has 1 aromatic heterocycles. The van der Waals surface area contributed by atoms with Crippen LogP contribution in [0.2, 0.25) is 0 Å². The van der Waals surface area contributed by atoms with E-state index in [9.17, 15) is 4.39 Å². The molecule has 19 heavy (non-hydrogen) atoms. The van der Waals surface area contributed by atoms with E-state index < -0.39 is 0 Å². The lowest BCUT2D eigenvalue weighted by Crippen LogP contribution is -1.87. The molecule has 0 amide bonds. The van der Waals surface area contributed by atoms with Crippen LogP contribution in [0, 0.1) is 17.1 Å². The zero-order valence-corrected chi connectivity index (χ0v) is 9.97. The SMILES string of the molecule is N#Cc1ccc2ncc(-c3ccccc3F)cc2c1. The fourth-order valence-electron chi connectivity index (χ4n) is 2.04. The molecular weight excluding hydrogens is 239 g/mol. The van der Waals surface area contributed by atoms with Gasteiger partial charge < -0.3 is 0 Å². The summed E-state index contributed by atoms with van der Waals surface area (Å²) in [4.78, 5) is 4.30. The lowest BCUT2D eigenvalue weighted by atomic mass is 10.0. The van der Waals surface area contributed by atoms with Gasteiger partial charge in [0.2, 0.25) is 0 Å². The van der Waals surface area contributed by atoms with E-state index in [-0.39, 0.29) is 5.82 Å². The van der Waals surface area contributed by atoms with Crippen molar-refractivity contribution in [2.45, 2.75) is 0 Å². The molecular formula is C16H9FN2. The number of benzene rings is 2. The minimum atomic E-state index is -0.278. The molecule has 0 bridgehead atoms. The van der Waals surface area contributed by atoms with Crippen LogP contribution in [0.1, 0.15) is 5.56 Å². The van der Waals surface area contributed by atoms with Crippen LogP contribution >= 0.6 is 0 Å². The summed E-state index contributed by atoms with van der Waals surface area (Å²) in [6, 6.07) is 15.8. The Morgan fingerprint density at radius 1 is 1.05 bits per heavy atom. The normalized spacial score (nSPS) is 10.3. The fraction of sp³-hybridized carbons (Fsp3) is 0. The van der Waals surface area contributed by atoms with Crippen LogP contribution in [0.5, 0.6) is 0 Å². The van der Waals surface area contributed by atoms with Crippen molar-refractivity contribution in [2.75, 3.05) is 0 Å². The maximum absolute atomic E-state index is 13.7. The van der Waals surface area contributed by atoms with Gasteiger partial charge in [0.15, 0.2) is 0 Å². The zero-order chi connectivity index (χ0) is 13.2. The van der Waals surface area contributed by atoms with Gasteiger partial charge in [-0.25, -0.2) is 4.39 Å². The van der Waals surface area contributed by atoms with Gasteiger partial charge >= 0.3 is 0 Å². The first-order valence-electron chi connectivity index (χ1n) is 5.83. The molecule has 90 valence electrons. The Bertz CT molecular complexity index is 803. The molecule has 3 rings (SSSR count). The van der Waals surface area contributed by atoms with Crippen molar-refractivity contribution in [2.24, 2.45) is 0 Å². The highest BCUT2D eigenvalue weighted by Crippen LogP contribution is 2.25. The summed E-state index contributed by atoms with van der Waals surface area (Å²) in [5.41, 5.74) is 2.58. The molecule has 0 aliphatic rings. The number of aromatic nitrogens is 1. The van der Waals surface area contributed by atoms with Gasteiger partial charge in [-0.2, -0.15) is 5.26 Å². The van der Waals surface area contributed by atoms with Crippen molar-refractivity contribution >= 4 is 10.9 Å². The first-order valence-corrected chi connectivity index (χ1v) is 5.83. The molecule has 0 N–H and O–H groups in total. The number of hydrogen-bond acceptors (Lipinski definition) is 2. The Morgan fingerprint density at radius 3 is 2.68 bits per heavy atom. The van der Waals surface area contributed by atoms with Gasteiger partial charge in [0, 0.05) is 22.7 Å². The van der Waals surface area contributed by atoms with Gasteiger partial charge in [0.05, 0.1) is 17.1 Å². The summed E-state index contributed by atoms with van der Waals surface area (Å²) in [6.07, 6.45) is 1.65. The van der Waals surface area contributed by atoms with Crippen molar-refractivity contribution in [3.05, 3.63) is 66.1 Å². The fourth-order valence-corrected chi connectivity index (χ4v) is 2.04. The molecule has 3 heteroatoms. The minimum Gasteiger partial charge on any atom is -0.256 e. The van der Waals surface area contributed by atoms with E-state index in [0.717, 1.165) is 10.9 Å². The van der Waals surface area contributed by atoms with Crippen LogP contribution in [-0.4, -0.2) is 4.98 Å². The van der Waals surface area contributed by atoms with E-state index >= 15 is 0 Å². The molecule has 0 radical (unpaired) electrons. The lowest BCUT2D eigenvalue weighted by molar-refractivity contribution is 0.631. The van der Waals surface area contributed by atoms with Gasteiger partial charge in [0.25, 0.3) is 0 Å². The van der Waals surface area contributed by atoms with E-state index in [1.807, 2.05) is 6.07 Å². The molecule has 0 fully saturated rings. The summed E-state index contributed by atoms with van der Waals surface area (Å²) in [7, 11) is 0. The number of halogens is 1. The average molecular weight is 248 g/mol. The summed E-state index contributed by atoms with van der Waals surface area (Å²) in [6.45, 7) is 0. The van der Waals surface area contributed by atoms with Crippen LogP contribution < -0.4 is 0 Å². The summed E-state index contributed by atoms with van der Waals surface area (Å²) < 4.78 is 13.7. The van der Waals surface area contributed by atoms with E-state index in [1.165, 1.54) is 6.07 Å². The molecule has 0 atom stereocenters.